The van der Waals surface area contributed by atoms with Crippen molar-refractivity contribution in [2.24, 2.45) is 0 Å². The summed E-state index contributed by atoms with van der Waals surface area (Å²) in [5, 5.41) is 6.65. The molecule has 0 atom stereocenters. The first-order valence-electron chi connectivity index (χ1n) is 7.23. The van der Waals surface area contributed by atoms with Crippen LogP contribution in [0.3, 0.4) is 0 Å². The Labute approximate surface area is 133 Å². The molecule has 5 nitrogen and oxygen atoms in total. The van der Waals surface area contributed by atoms with Crippen LogP contribution in [0.4, 0.5) is 5.69 Å². The number of rotatable bonds is 5. The van der Waals surface area contributed by atoms with E-state index in [1.54, 1.807) is 6.92 Å². The molecule has 0 aliphatic rings. The van der Waals surface area contributed by atoms with Crippen molar-refractivity contribution in [1.29, 1.82) is 0 Å². The summed E-state index contributed by atoms with van der Waals surface area (Å²) in [6.45, 7) is 1.98. The molecular weight excluding hydrogens is 292 g/mol. The van der Waals surface area contributed by atoms with Gasteiger partial charge in [-0.3, -0.25) is 4.79 Å². The molecule has 5 heteroatoms. The summed E-state index contributed by atoms with van der Waals surface area (Å²) >= 11 is 0. The molecule has 1 N–H and O–H groups in total. The zero-order valence-corrected chi connectivity index (χ0v) is 12.7. The topological polar surface area (TPSA) is 64.4 Å². The molecule has 3 rings (SSSR count). The highest BCUT2D eigenvalue weighted by Gasteiger charge is 2.20. The first kappa shape index (κ1) is 14.8. The summed E-state index contributed by atoms with van der Waals surface area (Å²) in [5.41, 5.74) is 1.58. The van der Waals surface area contributed by atoms with Crippen LogP contribution in [0.15, 0.2) is 65.2 Å². The van der Waals surface area contributed by atoms with Crippen LogP contribution in [-0.2, 0) is 6.61 Å². The lowest BCUT2D eigenvalue weighted by Crippen LogP contribution is -2.15. The number of ether oxygens (including phenoxy) is 1. The van der Waals surface area contributed by atoms with Gasteiger partial charge < -0.3 is 14.6 Å². The minimum Gasteiger partial charge on any atom is -0.489 e. The second kappa shape index (κ2) is 6.79. The van der Waals surface area contributed by atoms with E-state index in [1.165, 1.54) is 0 Å². The average molecular weight is 308 g/mol. The fraction of sp³-hybridized carbons (Fsp3) is 0.111. The second-order valence-electron chi connectivity index (χ2n) is 4.99. The highest BCUT2D eigenvalue weighted by molar-refractivity contribution is 6.03. The lowest BCUT2D eigenvalue weighted by atomic mass is 10.2. The van der Waals surface area contributed by atoms with Gasteiger partial charge in [-0.2, -0.15) is 0 Å². The first-order valence-corrected chi connectivity index (χ1v) is 7.23. The molecule has 1 heterocycles. The van der Waals surface area contributed by atoms with Gasteiger partial charge in [-0.25, -0.2) is 0 Å². The van der Waals surface area contributed by atoms with Gasteiger partial charge in [0, 0.05) is 5.69 Å². The first-order chi connectivity index (χ1) is 11.2. The quantitative estimate of drug-likeness (QED) is 0.778. The second-order valence-corrected chi connectivity index (χ2v) is 4.99. The molecule has 116 valence electrons. The van der Waals surface area contributed by atoms with Crippen molar-refractivity contribution in [2.45, 2.75) is 13.5 Å². The van der Waals surface area contributed by atoms with Crippen LogP contribution in [0, 0.1) is 6.92 Å². The van der Waals surface area contributed by atoms with E-state index < -0.39 is 0 Å². The highest BCUT2D eigenvalue weighted by atomic mass is 16.5. The molecule has 1 aromatic heterocycles. The highest BCUT2D eigenvalue weighted by Crippen LogP contribution is 2.19. The van der Waals surface area contributed by atoms with Crippen molar-refractivity contribution >= 4 is 11.6 Å². The van der Waals surface area contributed by atoms with Gasteiger partial charge in [0.15, 0.2) is 5.69 Å². The van der Waals surface area contributed by atoms with Crippen molar-refractivity contribution < 1.29 is 14.1 Å². The Balaban J connectivity index is 1.74. The molecule has 0 aliphatic carbocycles. The number of benzene rings is 2. The molecule has 0 aliphatic heterocycles. The normalized spacial score (nSPS) is 10.3. The SMILES string of the molecule is Cc1onc(C(=O)Nc2ccccc2)c1COc1ccccc1. The van der Waals surface area contributed by atoms with Crippen LogP contribution in [0.2, 0.25) is 0 Å². The molecule has 0 bridgehead atoms. The fourth-order valence-electron chi connectivity index (χ4n) is 2.12. The Morgan fingerprint density at radius 1 is 1.09 bits per heavy atom. The van der Waals surface area contributed by atoms with E-state index in [1.807, 2.05) is 60.7 Å². The number of carbonyl (C=O) groups excluding carboxylic acids is 1. The van der Waals surface area contributed by atoms with Crippen LogP contribution in [0.5, 0.6) is 5.75 Å². The molecule has 0 unspecified atom stereocenters. The molecule has 2 aromatic carbocycles. The number of carbonyl (C=O) groups is 1. The molecule has 3 aromatic rings. The van der Waals surface area contributed by atoms with Gasteiger partial charge in [0.1, 0.15) is 18.1 Å². The van der Waals surface area contributed by atoms with Gasteiger partial charge in [0.05, 0.1) is 5.56 Å². The van der Waals surface area contributed by atoms with Gasteiger partial charge in [0.2, 0.25) is 0 Å². The maximum absolute atomic E-state index is 12.4. The molecule has 0 saturated heterocycles. The van der Waals surface area contributed by atoms with Crippen molar-refractivity contribution in [3.05, 3.63) is 77.7 Å². The fourth-order valence-corrected chi connectivity index (χ4v) is 2.12. The van der Waals surface area contributed by atoms with E-state index in [0.717, 1.165) is 5.75 Å². The lowest BCUT2D eigenvalue weighted by molar-refractivity contribution is 0.101. The maximum Gasteiger partial charge on any atom is 0.278 e. The molecule has 0 saturated carbocycles. The number of nitrogens with one attached hydrogen (secondary N) is 1. The van der Waals surface area contributed by atoms with Crippen LogP contribution < -0.4 is 10.1 Å². The van der Waals surface area contributed by atoms with E-state index in [4.69, 9.17) is 9.26 Å². The number of aryl methyl sites for hydroxylation is 1. The molecule has 0 spiro atoms. The van der Waals surface area contributed by atoms with Crippen molar-refractivity contribution in [3.8, 4) is 5.75 Å². The number of aromatic nitrogens is 1. The number of nitrogens with zero attached hydrogens (tertiary/aromatic N) is 1. The molecule has 23 heavy (non-hydrogen) atoms. The van der Waals surface area contributed by atoms with Gasteiger partial charge >= 0.3 is 0 Å². The molecule has 1 amide bonds. The van der Waals surface area contributed by atoms with Crippen LogP contribution in [-0.4, -0.2) is 11.1 Å². The van der Waals surface area contributed by atoms with E-state index in [2.05, 4.69) is 10.5 Å². The number of hydrogen-bond donors (Lipinski definition) is 1. The Morgan fingerprint density at radius 2 is 1.74 bits per heavy atom. The molecular formula is C18H16N2O3. The standard InChI is InChI=1S/C18H16N2O3/c1-13-16(12-22-15-10-6-3-7-11-15)17(20-23-13)18(21)19-14-8-4-2-5-9-14/h2-11H,12H2,1H3,(H,19,21). The van der Waals surface area contributed by atoms with E-state index >= 15 is 0 Å². The lowest BCUT2D eigenvalue weighted by Gasteiger charge is -2.07. The number of amides is 1. The third-order valence-electron chi connectivity index (χ3n) is 3.36. The Hall–Kier alpha value is -3.08. The monoisotopic (exact) mass is 308 g/mol. The summed E-state index contributed by atoms with van der Waals surface area (Å²) in [5.74, 6) is 0.973. The van der Waals surface area contributed by atoms with E-state index in [-0.39, 0.29) is 18.2 Å². The van der Waals surface area contributed by atoms with Crippen LogP contribution in [0.25, 0.3) is 0 Å². The largest absolute Gasteiger partial charge is 0.489 e. The zero-order chi connectivity index (χ0) is 16.1. The molecule has 0 radical (unpaired) electrons. The number of hydrogen-bond acceptors (Lipinski definition) is 4. The minimum absolute atomic E-state index is 0.219. The van der Waals surface area contributed by atoms with Gasteiger partial charge in [-0.1, -0.05) is 41.6 Å². The Kier molecular flexibility index (Phi) is 4.38. The number of anilines is 1. The van der Waals surface area contributed by atoms with Gasteiger partial charge in [-0.15, -0.1) is 0 Å². The Morgan fingerprint density at radius 3 is 2.43 bits per heavy atom. The van der Waals surface area contributed by atoms with Gasteiger partial charge in [-0.05, 0) is 31.2 Å². The third kappa shape index (κ3) is 3.58. The molecule has 0 fully saturated rings. The minimum atomic E-state index is -0.320. The predicted octanol–water partition coefficient (Wildman–Crippen LogP) is 3.81. The van der Waals surface area contributed by atoms with Crippen LogP contribution in [0.1, 0.15) is 21.8 Å². The summed E-state index contributed by atoms with van der Waals surface area (Å²) < 4.78 is 10.8. The summed E-state index contributed by atoms with van der Waals surface area (Å²) in [7, 11) is 0. The van der Waals surface area contributed by atoms with Crippen molar-refractivity contribution in [3.63, 3.8) is 0 Å². The summed E-state index contributed by atoms with van der Waals surface area (Å²) in [6, 6.07) is 18.6. The van der Waals surface area contributed by atoms with Crippen LogP contribution >= 0.6 is 0 Å². The van der Waals surface area contributed by atoms with Gasteiger partial charge in [0.25, 0.3) is 5.91 Å². The smallest absolute Gasteiger partial charge is 0.278 e. The van der Waals surface area contributed by atoms with E-state index in [9.17, 15) is 4.79 Å². The summed E-state index contributed by atoms with van der Waals surface area (Å²) in [4.78, 5) is 12.4. The summed E-state index contributed by atoms with van der Waals surface area (Å²) in [6.07, 6.45) is 0. The third-order valence-corrected chi connectivity index (χ3v) is 3.36. The van der Waals surface area contributed by atoms with E-state index in [0.29, 0.717) is 17.0 Å². The number of para-hydroxylation sites is 2. The predicted molar refractivity (Wildman–Crippen MR) is 86.4 cm³/mol. The zero-order valence-electron chi connectivity index (χ0n) is 12.7. The van der Waals surface area contributed by atoms with Crippen molar-refractivity contribution in [1.82, 2.24) is 5.16 Å². The Bertz CT molecular complexity index is 783. The maximum atomic E-state index is 12.4. The average Bonchev–Trinajstić information content (AvgIpc) is 2.96. The van der Waals surface area contributed by atoms with Crippen molar-refractivity contribution in [2.75, 3.05) is 5.32 Å².